The number of thioether (sulfide) groups is 1. The van der Waals surface area contributed by atoms with Gasteiger partial charge in [-0.15, -0.1) is 11.3 Å². The molecule has 0 aliphatic heterocycles. The molecule has 1 amide bonds. The number of nitrogens with zero attached hydrogens (tertiary/aromatic N) is 2. The van der Waals surface area contributed by atoms with Gasteiger partial charge in [0.25, 0.3) is 0 Å². The Morgan fingerprint density at radius 2 is 2.22 bits per heavy atom. The van der Waals surface area contributed by atoms with Crippen LogP contribution in [0.1, 0.15) is 23.8 Å². The molecular formula is C19H17F2N3OS2. The molecule has 1 aliphatic carbocycles. The van der Waals surface area contributed by atoms with Crippen LogP contribution < -0.4 is 5.32 Å². The first kappa shape index (κ1) is 18.3. The van der Waals surface area contributed by atoms with E-state index in [1.54, 1.807) is 11.3 Å². The first-order chi connectivity index (χ1) is 13.0. The molecule has 0 saturated carbocycles. The number of hydrogen-bond acceptors (Lipinski definition) is 5. The minimum atomic E-state index is -0.666. The zero-order chi connectivity index (χ0) is 19.0. The van der Waals surface area contributed by atoms with Crippen molar-refractivity contribution in [1.82, 2.24) is 9.97 Å². The largest absolute Gasteiger partial charge is 0.323 e. The molecule has 1 atom stereocenters. The number of amides is 1. The summed E-state index contributed by atoms with van der Waals surface area (Å²) in [5.41, 5.74) is 1.14. The van der Waals surface area contributed by atoms with Gasteiger partial charge in [-0.05, 0) is 42.9 Å². The third-order valence-corrected chi connectivity index (χ3v) is 6.75. The van der Waals surface area contributed by atoms with Crippen molar-refractivity contribution in [2.75, 3.05) is 11.1 Å². The molecule has 27 heavy (non-hydrogen) atoms. The Labute approximate surface area is 163 Å². The lowest BCUT2D eigenvalue weighted by Gasteiger charge is -2.18. The molecule has 1 N–H and O–H groups in total. The Bertz CT molecular complexity index is 1020. The van der Waals surface area contributed by atoms with E-state index in [1.165, 1.54) is 28.5 Å². The van der Waals surface area contributed by atoms with E-state index in [-0.39, 0.29) is 11.4 Å². The van der Waals surface area contributed by atoms with Crippen LogP contribution in [-0.2, 0) is 17.6 Å². The molecule has 140 valence electrons. The van der Waals surface area contributed by atoms with Gasteiger partial charge in [0.05, 0.1) is 11.4 Å². The van der Waals surface area contributed by atoms with Gasteiger partial charge in [0.2, 0.25) is 5.91 Å². The van der Waals surface area contributed by atoms with Crippen molar-refractivity contribution in [3.05, 3.63) is 46.6 Å². The van der Waals surface area contributed by atoms with Gasteiger partial charge in [-0.3, -0.25) is 4.79 Å². The van der Waals surface area contributed by atoms with Crippen LogP contribution in [0.4, 0.5) is 14.5 Å². The first-order valence-corrected chi connectivity index (χ1v) is 10.4. The number of halogens is 2. The second-order valence-corrected chi connectivity index (χ2v) is 8.72. The van der Waals surface area contributed by atoms with Crippen LogP contribution in [-0.4, -0.2) is 21.6 Å². The van der Waals surface area contributed by atoms with E-state index in [1.807, 2.05) is 0 Å². The van der Waals surface area contributed by atoms with Gasteiger partial charge < -0.3 is 5.32 Å². The number of thiophene rings is 1. The summed E-state index contributed by atoms with van der Waals surface area (Å²) < 4.78 is 26.9. The maximum absolute atomic E-state index is 13.7. The Balaban J connectivity index is 1.52. The van der Waals surface area contributed by atoms with Crippen LogP contribution in [0, 0.1) is 17.6 Å². The van der Waals surface area contributed by atoms with Crippen LogP contribution in [0.5, 0.6) is 0 Å². The second-order valence-electron chi connectivity index (χ2n) is 6.67. The highest BCUT2D eigenvalue weighted by Gasteiger charge is 2.23. The van der Waals surface area contributed by atoms with Crippen molar-refractivity contribution in [1.29, 1.82) is 0 Å². The van der Waals surface area contributed by atoms with Crippen LogP contribution >= 0.6 is 23.1 Å². The number of carbonyl (C=O) groups is 1. The summed E-state index contributed by atoms with van der Waals surface area (Å²) in [6, 6.07) is 2.97. The average Bonchev–Trinajstić information content (AvgIpc) is 3.01. The van der Waals surface area contributed by atoms with Gasteiger partial charge in [0.1, 0.15) is 27.8 Å². The summed E-state index contributed by atoms with van der Waals surface area (Å²) in [5, 5.41) is 4.22. The van der Waals surface area contributed by atoms with Gasteiger partial charge >= 0.3 is 0 Å². The van der Waals surface area contributed by atoms with E-state index >= 15 is 0 Å². The fraction of sp³-hybridized carbons (Fsp3) is 0.316. The predicted molar refractivity (Wildman–Crippen MR) is 104 cm³/mol. The number of carbonyl (C=O) groups excluding carboxylic acids is 1. The van der Waals surface area contributed by atoms with E-state index in [0.29, 0.717) is 5.92 Å². The van der Waals surface area contributed by atoms with Gasteiger partial charge in [0.15, 0.2) is 0 Å². The molecule has 4 rings (SSSR count). The molecule has 1 aromatic carbocycles. The Hall–Kier alpha value is -2.06. The molecule has 0 unspecified atom stereocenters. The minimum absolute atomic E-state index is 0.0586. The van der Waals surface area contributed by atoms with Crippen molar-refractivity contribution in [3.63, 3.8) is 0 Å². The number of aryl methyl sites for hydroxylation is 1. The molecule has 0 bridgehead atoms. The molecule has 2 aromatic heterocycles. The number of aromatic nitrogens is 2. The van der Waals surface area contributed by atoms with Crippen molar-refractivity contribution < 1.29 is 13.6 Å². The average molecular weight is 405 g/mol. The predicted octanol–water partition coefficient (Wildman–Crippen LogP) is 4.83. The highest BCUT2D eigenvalue weighted by molar-refractivity contribution is 8.00. The zero-order valence-electron chi connectivity index (χ0n) is 14.6. The van der Waals surface area contributed by atoms with E-state index in [2.05, 4.69) is 22.2 Å². The third kappa shape index (κ3) is 3.82. The second kappa shape index (κ2) is 7.52. The van der Waals surface area contributed by atoms with Crippen LogP contribution in [0.3, 0.4) is 0 Å². The van der Waals surface area contributed by atoms with Crippen molar-refractivity contribution >= 4 is 44.9 Å². The smallest absolute Gasteiger partial charge is 0.234 e. The monoisotopic (exact) mass is 405 g/mol. The van der Waals surface area contributed by atoms with E-state index in [0.717, 1.165) is 52.7 Å². The molecule has 0 radical (unpaired) electrons. The Morgan fingerprint density at radius 1 is 1.37 bits per heavy atom. The van der Waals surface area contributed by atoms with Crippen molar-refractivity contribution in [2.24, 2.45) is 5.92 Å². The molecule has 1 aliphatic rings. The van der Waals surface area contributed by atoms with Gasteiger partial charge in [-0.25, -0.2) is 18.7 Å². The summed E-state index contributed by atoms with van der Waals surface area (Å²) in [5.74, 6) is -0.949. The lowest BCUT2D eigenvalue weighted by molar-refractivity contribution is -0.113. The topological polar surface area (TPSA) is 54.9 Å². The lowest BCUT2D eigenvalue weighted by atomic mass is 9.89. The van der Waals surface area contributed by atoms with E-state index in [4.69, 9.17) is 0 Å². The summed E-state index contributed by atoms with van der Waals surface area (Å²) in [6.07, 6.45) is 4.70. The fourth-order valence-electron chi connectivity index (χ4n) is 3.27. The number of anilines is 1. The van der Waals surface area contributed by atoms with Gasteiger partial charge in [0, 0.05) is 16.3 Å². The number of hydrogen-bond donors (Lipinski definition) is 1. The summed E-state index contributed by atoms with van der Waals surface area (Å²) in [7, 11) is 0. The zero-order valence-corrected chi connectivity index (χ0v) is 16.2. The van der Waals surface area contributed by atoms with E-state index < -0.39 is 17.5 Å². The van der Waals surface area contributed by atoms with E-state index in [9.17, 15) is 13.6 Å². The number of rotatable bonds is 4. The van der Waals surface area contributed by atoms with Crippen molar-refractivity contribution in [3.8, 4) is 0 Å². The highest BCUT2D eigenvalue weighted by Crippen LogP contribution is 2.40. The quantitative estimate of drug-likeness (QED) is 0.499. The first-order valence-electron chi connectivity index (χ1n) is 8.64. The maximum Gasteiger partial charge on any atom is 0.234 e. The van der Waals surface area contributed by atoms with Crippen LogP contribution in [0.15, 0.2) is 29.6 Å². The normalized spacial score (nSPS) is 16.3. The Kier molecular flexibility index (Phi) is 5.10. The Morgan fingerprint density at radius 3 is 3.07 bits per heavy atom. The summed E-state index contributed by atoms with van der Waals surface area (Å²) in [4.78, 5) is 23.3. The number of nitrogens with one attached hydrogen (secondary N) is 1. The molecule has 0 spiro atoms. The van der Waals surface area contributed by atoms with Gasteiger partial charge in [-0.2, -0.15) is 0 Å². The molecule has 3 aromatic rings. The maximum atomic E-state index is 13.7. The molecule has 0 saturated heterocycles. The van der Waals surface area contributed by atoms with Crippen LogP contribution in [0.2, 0.25) is 0 Å². The van der Waals surface area contributed by atoms with Crippen molar-refractivity contribution in [2.45, 2.75) is 31.2 Å². The molecule has 0 fully saturated rings. The summed E-state index contributed by atoms with van der Waals surface area (Å²) in [6.45, 7) is 2.25. The van der Waals surface area contributed by atoms with Crippen LogP contribution in [0.25, 0.3) is 10.2 Å². The molecule has 2 heterocycles. The number of fused-ring (bicyclic) bond motifs is 3. The SMILES string of the molecule is C[C@@H]1CCc2c(sc3ncnc(SCC(=O)Nc4cc(F)ccc4F)c23)C1. The third-order valence-electron chi connectivity index (χ3n) is 4.60. The summed E-state index contributed by atoms with van der Waals surface area (Å²) >= 11 is 2.99. The highest BCUT2D eigenvalue weighted by atomic mass is 32.2. The van der Waals surface area contributed by atoms with Gasteiger partial charge in [-0.1, -0.05) is 18.7 Å². The molecule has 8 heteroatoms. The minimum Gasteiger partial charge on any atom is -0.323 e. The lowest BCUT2D eigenvalue weighted by Crippen LogP contribution is -2.15. The standard InChI is InChI=1S/C19H17F2N3OS2/c1-10-2-4-12-15(6-10)27-19-17(12)18(22-9-23-19)26-8-16(25)24-14-7-11(20)3-5-13(14)21/h3,5,7,9-10H,2,4,6,8H2,1H3,(H,24,25)/t10-/m1/s1. The molecule has 4 nitrogen and oxygen atoms in total. The fourth-order valence-corrected chi connectivity index (χ4v) is 5.51. The molecular weight excluding hydrogens is 388 g/mol. The number of benzene rings is 1.